The minimum atomic E-state index is -0.880. The van der Waals surface area contributed by atoms with Crippen LogP contribution in [-0.4, -0.2) is 80.6 Å². The van der Waals surface area contributed by atoms with E-state index in [1.165, 1.54) is 64.2 Å². The van der Waals surface area contributed by atoms with Crippen LogP contribution in [0.5, 0.6) is 0 Å². The number of hydrogen-bond acceptors (Lipinski definition) is 6. The average Bonchev–Trinajstić information content (AvgIpc) is 3.11. The molecule has 0 saturated carbocycles. The van der Waals surface area contributed by atoms with Crippen LogP contribution in [0.25, 0.3) is 0 Å². The van der Waals surface area contributed by atoms with Crippen molar-refractivity contribution in [1.29, 1.82) is 0 Å². The molecule has 2 atom stereocenters. The summed E-state index contributed by atoms with van der Waals surface area (Å²) in [7, 11) is 5.51. The molecule has 0 rings (SSSR count). The highest BCUT2D eigenvalue weighted by Crippen LogP contribution is 2.14. The van der Waals surface area contributed by atoms with Crippen molar-refractivity contribution in [3.05, 3.63) is 48.6 Å². The molecule has 1 N–H and O–H groups in total. The highest BCUT2D eigenvalue weighted by Gasteiger charge is 2.31. The number of rotatable bonds is 37. The van der Waals surface area contributed by atoms with E-state index in [0.717, 1.165) is 70.6 Å². The zero-order valence-electron chi connectivity index (χ0n) is 34.7. The highest BCUT2D eigenvalue weighted by atomic mass is 16.6. The molecular formula is C45H80NO7+. The number of ether oxygens (including phenoxy) is 3. The number of allylic oxidation sites excluding steroid dienone is 8. The molecule has 0 aromatic carbocycles. The van der Waals surface area contributed by atoms with E-state index in [1.807, 2.05) is 21.1 Å². The van der Waals surface area contributed by atoms with Crippen molar-refractivity contribution < 1.29 is 38.2 Å². The number of hydrogen-bond donors (Lipinski definition) is 1. The third-order valence-electron chi connectivity index (χ3n) is 9.24. The summed E-state index contributed by atoms with van der Waals surface area (Å²) in [6.45, 7) is 4.57. The molecule has 0 fully saturated rings. The maximum Gasteiger partial charge on any atom is 0.362 e. The summed E-state index contributed by atoms with van der Waals surface area (Å²) in [6, 6.07) is -0.618. The topological polar surface area (TPSA) is 99.1 Å². The standard InChI is InChI=1S/C45H79NO7/c1-6-8-10-12-14-16-18-20-22-24-25-27-29-31-33-35-43(47)52-40-41(39-51-38-37-42(45(49)50)46(3,4)5)53-44(48)36-34-32-30-28-26-23-21-19-17-15-13-11-9-7-2/h9,11,14-18,20,41-42H,6-8,10,12-13,19,21-40H2,1-5H3/p+1/b11-9+,16-14+,17-15+,20-18+. The molecule has 0 aliphatic carbocycles. The van der Waals surface area contributed by atoms with Crippen LogP contribution in [0.15, 0.2) is 48.6 Å². The van der Waals surface area contributed by atoms with Crippen LogP contribution in [0.2, 0.25) is 0 Å². The van der Waals surface area contributed by atoms with Gasteiger partial charge in [0.15, 0.2) is 12.1 Å². The molecule has 0 aromatic heterocycles. The number of aliphatic carboxylic acids is 1. The summed E-state index contributed by atoms with van der Waals surface area (Å²) in [4.78, 5) is 36.9. The first-order valence-corrected chi connectivity index (χ1v) is 21.2. The number of nitrogens with zero attached hydrogens (tertiary/aromatic N) is 1. The minimum absolute atomic E-state index is 0.0531. The second kappa shape index (κ2) is 36.3. The monoisotopic (exact) mass is 747 g/mol. The van der Waals surface area contributed by atoms with Crippen LogP contribution in [0.1, 0.15) is 168 Å². The lowest BCUT2D eigenvalue weighted by Gasteiger charge is -2.31. The van der Waals surface area contributed by atoms with Crippen molar-refractivity contribution in [2.75, 3.05) is 41.0 Å². The molecule has 0 aliphatic heterocycles. The lowest BCUT2D eigenvalue weighted by molar-refractivity contribution is -0.887. The smallest absolute Gasteiger partial charge is 0.362 e. The molecule has 0 amide bonds. The van der Waals surface area contributed by atoms with Crippen molar-refractivity contribution in [2.24, 2.45) is 0 Å². The Morgan fingerprint density at radius 3 is 1.66 bits per heavy atom. The molecule has 8 nitrogen and oxygen atoms in total. The first kappa shape index (κ1) is 50.3. The average molecular weight is 747 g/mol. The summed E-state index contributed by atoms with van der Waals surface area (Å²) in [6.07, 6.45) is 41.4. The van der Waals surface area contributed by atoms with Gasteiger partial charge in [-0.15, -0.1) is 0 Å². The largest absolute Gasteiger partial charge is 0.477 e. The summed E-state index contributed by atoms with van der Waals surface area (Å²) in [5.41, 5.74) is 0. The number of carbonyl (C=O) groups excluding carboxylic acids is 2. The minimum Gasteiger partial charge on any atom is -0.477 e. The van der Waals surface area contributed by atoms with Gasteiger partial charge in [0.1, 0.15) is 6.61 Å². The van der Waals surface area contributed by atoms with Crippen LogP contribution in [0.4, 0.5) is 0 Å². The molecule has 306 valence electrons. The zero-order chi connectivity index (χ0) is 39.3. The van der Waals surface area contributed by atoms with Crippen molar-refractivity contribution in [3.8, 4) is 0 Å². The van der Waals surface area contributed by atoms with Crippen LogP contribution in [0, 0.1) is 0 Å². The Hall–Kier alpha value is -2.71. The SMILES string of the molecule is CC/C=C/C/C=C/CCCCCCCCCC(=O)OC(COCCC(C(=O)O)[N+](C)(C)C)COC(=O)CCCCCCCC/C=C/C=C/CCCCC. The maximum absolute atomic E-state index is 12.7. The van der Waals surface area contributed by atoms with Gasteiger partial charge in [0, 0.05) is 19.3 Å². The lowest BCUT2D eigenvalue weighted by Crippen LogP contribution is -2.50. The lowest BCUT2D eigenvalue weighted by atomic mass is 10.1. The molecule has 0 bridgehead atoms. The number of carboxylic acid groups (broad SMARTS) is 1. The van der Waals surface area contributed by atoms with Gasteiger partial charge in [-0.05, 0) is 64.2 Å². The first-order valence-electron chi connectivity index (χ1n) is 21.2. The van der Waals surface area contributed by atoms with E-state index in [0.29, 0.717) is 19.3 Å². The fourth-order valence-corrected chi connectivity index (χ4v) is 5.94. The quantitative estimate of drug-likeness (QED) is 0.0222. The molecule has 0 aromatic rings. The molecule has 0 heterocycles. The number of carbonyl (C=O) groups is 3. The molecule has 0 saturated heterocycles. The fourth-order valence-electron chi connectivity index (χ4n) is 5.94. The molecule has 2 unspecified atom stereocenters. The second-order valence-electron chi connectivity index (χ2n) is 15.2. The highest BCUT2D eigenvalue weighted by molar-refractivity contribution is 5.72. The molecule has 0 aliphatic rings. The molecule has 53 heavy (non-hydrogen) atoms. The fraction of sp³-hybridized carbons (Fsp3) is 0.756. The van der Waals surface area contributed by atoms with Crippen LogP contribution < -0.4 is 0 Å². The van der Waals surface area contributed by atoms with Gasteiger partial charge in [-0.2, -0.15) is 0 Å². The Labute approximate surface area is 325 Å². The van der Waals surface area contributed by atoms with E-state index in [2.05, 4.69) is 62.5 Å². The molecule has 0 radical (unpaired) electrons. The third-order valence-corrected chi connectivity index (χ3v) is 9.24. The number of esters is 2. The van der Waals surface area contributed by atoms with E-state index >= 15 is 0 Å². The molecule has 8 heteroatoms. The van der Waals surface area contributed by atoms with Gasteiger partial charge in [0.05, 0.1) is 34.4 Å². The van der Waals surface area contributed by atoms with Gasteiger partial charge in [0.2, 0.25) is 0 Å². The Morgan fingerprint density at radius 2 is 1.11 bits per heavy atom. The van der Waals surface area contributed by atoms with E-state index in [4.69, 9.17) is 14.2 Å². The Bertz CT molecular complexity index is 1010. The Balaban J connectivity index is 4.40. The normalized spacial score (nSPS) is 13.5. The van der Waals surface area contributed by atoms with E-state index in [9.17, 15) is 19.5 Å². The van der Waals surface area contributed by atoms with E-state index in [1.54, 1.807) is 0 Å². The third kappa shape index (κ3) is 34.8. The predicted octanol–water partition coefficient (Wildman–Crippen LogP) is 11.2. The van der Waals surface area contributed by atoms with Crippen molar-refractivity contribution in [1.82, 2.24) is 0 Å². The summed E-state index contributed by atoms with van der Waals surface area (Å²) in [5.74, 6) is -1.50. The second-order valence-corrected chi connectivity index (χ2v) is 15.2. The van der Waals surface area contributed by atoms with Gasteiger partial charge < -0.3 is 23.8 Å². The molecule has 0 spiro atoms. The first-order chi connectivity index (χ1) is 25.6. The molecular weight excluding hydrogens is 666 g/mol. The summed E-state index contributed by atoms with van der Waals surface area (Å²) >= 11 is 0. The van der Waals surface area contributed by atoms with Gasteiger partial charge in [-0.25, -0.2) is 4.79 Å². The van der Waals surface area contributed by atoms with Crippen LogP contribution in [-0.2, 0) is 28.6 Å². The predicted molar refractivity (Wildman–Crippen MR) is 220 cm³/mol. The van der Waals surface area contributed by atoms with E-state index < -0.39 is 18.1 Å². The Kier molecular flexibility index (Phi) is 34.4. The van der Waals surface area contributed by atoms with Crippen LogP contribution in [0.3, 0.4) is 0 Å². The zero-order valence-corrected chi connectivity index (χ0v) is 34.7. The van der Waals surface area contributed by atoms with Crippen molar-refractivity contribution >= 4 is 17.9 Å². The van der Waals surface area contributed by atoms with Gasteiger partial charge in [-0.1, -0.05) is 133 Å². The van der Waals surface area contributed by atoms with Gasteiger partial charge in [-0.3, -0.25) is 9.59 Å². The summed E-state index contributed by atoms with van der Waals surface area (Å²) in [5, 5.41) is 9.60. The van der Waals surface area contributed by atoms with E-state index in [-0.39, 0.29) is 36.2 Å². The summed E-state index contributed by atoms with van der Waals surface area (Å²) < 4.78 is 17.2. The number of unbranched alkanes of at least 4 members (excludes halogenated alkanes) is 16. The number of carboxylic acids is 1. The van der Waals surface area contributed by atoms with Crippen molar-refractivity contribution in [2.45, 2.75) is 180 Å². The van der Waals surface area contributed by atoms with Gasteiger partial charge >= 0.3 is 17.9 Å². The van der Waals surface area contributed by atoms with Gasteiger partial charge in [0.25, 0.3) is 0 Å². The van der Waals surface area contributed by atoms with Crippen LogP contribution >= 0.6 is 0 Å². The Morgan fingerprint density at radius 1 is 0.604 bits per heavy atom. The van der Waals surface area contributed by atoms with Crippen molar-refractivity contribution in [3.63, 3.8) is 0 Å². The number of likely N-dealkylation sites (N-methyl/N-ethyl adjacent to an activating group) is 1. The maximum atomic E-state index is 12.7. The number of quaternary nitrogens is 1.